The molecule has 4 nitrogen and oxygen atoms in total. The standard InChI is InChI=1S/C53H101NO3/c1-3-5-7-9-11-13-15-17-18-19-20-21-22-23-24-25-26-27-28-29-30-31-32-33-34-35-37-39-41-43-45-47-49-53(57)54-51(50-55)52(56)48-46-44-42-40-38-36-16-14-12-10-8-6-4-2/h23-24,38,40,46,48,51-52,55-56H,3-22,25-37,39,41-45,47,49-50H2,1-2H3,(H,54,57)/b24-23-,40-38+,48-46+. The van der Waals surface area contributed by atoms with Crippen LogP contribution in [-0.2, 0) is 4.79 Å². The van der Waals surface area contributed by atoms with E-state index < -0.39 is 12.1 Å². The van der Waals surface area contributed by atoms with E-state index in [1.165, 1.54) is 225 Å². The Hall–Kier alpha value is -1.39. The molecule has 0 spiro atoms. The molecule has 0 radical (unpaired) electrons. The summed E-state index contributed by atoms with van der Waals surface area (Å²) in [7, 11) is 0. The largest absolute Gasteiger partial charge is 0.394 e. The van der Waals surface area contributed by atoms with Crippen LogP contribution >= 0.6 is 0 Å². The predicted octanol–water partition coefficient (Wildman–Crippen LogP) is 16.5. The van der Waals surface area contributed by atoms with E-state index in [-0.39, 0.29) is 12.5 Å². The zero-order valence-electron chi connectivity index (χ0n) is 38.6. The minimum Gasteiger partial charge on any atom is -0.394 e. The van der Waals surface area contributed by atoms with Crippen molar-refractivity contribution >= 4 is 5.91 Å². The fraction of sp³-hybridized carbons (Fsp3) is 0.868. The normalized spacial score (nSPS) is 13.1. The fourth-order valence-electron chi connectivity index (χ4n) is 7.90. The Bertz CT molecular complexity index is 866. The van der Waals surface area contributed by atoms with Crippen LogP contribution in [0.4, 0.5) is 0 Å². The molecule has 2 unspecified atom stereocenters. The highest BCUT2D eigenvalue weighted by molar-refractivity contribution is 5.76. The highest BCUT2D eigenvalue weighted by Crippen LogP contribution is 2.16. The van der Waals surface area contributed by atoms with Crippen molar-refractivity contribution in [1.29, 1.82) is 0 Å². The van der Waals surface area contributed by atoms with Gasteiger partial charge >= 0.3 is 0 Å². The Morgan fingerprint density at radius 3 is 1.02 bits per heavy atom. The van der Waals surface area contributed by atoms with Gasteiger partial charge in [0.15, 0.2) is 0 Å². The average Bonchev–Trinajstić information content (AvgIpc) is 3.22. The first kappa shape index (κ1) is 55.6. The molecule has 0 fully saturated rings. The van der Waals surface area contributed by atoms with Crippen molar-refractivity contribution in [2.45, 2.75) is 289 Å². The van der Waals surface area contributed by atoms with Crippen molar-refractivity contribution in [2.24, 2.45) is 0 Å². The second kappa shape index (κ2) is 49.0. The Labute approximate surface area is 357 Å². The maximum Gasteiger partial charge on any atom is 0.220 e. The van der Waals surface area contributed by atoms with Crippen molar-refractivity contribution in [2.75, 3.05) is 6.61 Å². The van der Waals surface area contributed by atoms with Gasteiger partial charge in [0.25, 0.3) is 0 Å². The number of amides is 1. The number of aliphatic hydroxyl groups excluding tert-OH is 2. The molecular formula is C53H101NO3. The van der Waals surface area contributed by atoms with Gasteiger partial charge in [0.2, 0.25) is 5.91 Å². The van der Waals surface area contributed by atoms with E-state index in [0.717, 1.165) is 32.1 Å². The summed E-state index contributed by atoms with van der Waals surface area (Å²) in [6.45, 7) is 4.30. The van der Waals surface area contributed by atoms with Gasteiger partial charge in [-0.25, -0.2) is 0 Å². The van der Waals surface area contributed by atoms with Gasteiger partial charge in [-0.2, -0.15) is 0 Å². The van der Waals surface area contributed by atoms with Gasteiger partial charge in [-0.1, -0.05) is 249 Å². The fourth-order valence-corrected chi connectivity index (χ4v) is 7.90. The third-order valence-electron chi connectivity index (χ3n) is 11.8. The maximum atomic E-state index is 12.4. The number of aliphatic hydroxyl groups is 2. The maximum absolute atomic E-state index is 12.4. The third kappa shape index (κ3) is 45.5. The van der Waals surface area contributed by atoms with Crippen LogP contribution < -0.4 is 5.32 Å². The number of carbonyl (C=O) groups is 1. The van der Waals surface area contributed by atoms with Crippen LogP contribution in [0.5, 0.6) is 0 Å². The Morgan fingerprint density at radius 2 is 0.684 bits per heavy atom. The van der Waals surface area contributed by atoms with Crippen LogP contribution in [-0.4, -0.2) is 34.9 Å². The van der Waals surface area contributed by atoms with Gasteiger partial charge in [0, 0.05) is 6.42 Å². The molecule has 0 aromatic rings. The molecule has 3 N–H and O–H groups in total. The monoisotopic (exact) mass is 800 g/mol. The summed E-state index contributed by atoms with van der Waals surface area (Å²) in [4.78, 5) is 12.4. The van der Waals surface area contributed by atoms with E-state index >= 15 is 0 Å². The van der Waals surface area contributed by atoms with Crippen molar-refractivity contribution in [3.05, 3.63) is 36.5 Å². The molecule has 0 aromatic heterocycles. The minimum atomic E-state index is -0.859. The highest BCUT2D eigenvalue weighted by Gasteiger charge is 2.17. The number of allylic oxidation sites excluding steroid dienone is 5. The number of unbranched alkanes of at least 4 members (excludes halogenated alkanes) is 36. The zero-order valence-corrected chi connectivity index (χ0v) is 38.6. The number of hydrogen-bond acceptors (Lipinski definition) is 3. The third-order valence-corrected chi connectivity index (χ3v) is 11.8. The van der Waals surface area contributed by atoms with Crippen LogP contribution in [0.15, 0.2) is 36.5 Å². The average molecular weight is 800 g/mol. The molecule has 2 atom stereocenters. The summed E-state index contributed by atoms with van der Waals surface area (Å²) in [6.07, 6.45) is 65.8. The van der Waals surface area contributed by atoms with Gasteiger partial charge in [-0.15, -0.1) is 0 Å². The lowest BCUT2D eigenvalue weighted by atomic mass is 10.0. The number of rotatable bonds is 47. The van der Waals surface area contributed by atoms with Crippen LogP contribution in [0.1, 0.15) is 277 Å². The molecule has 0 aromatic carbocycles. The molecule has 336 valence electrons. The first-order valence-electron chi connectivity index (χ1n) is 25.7. The van der Waals surface area contributed by atoms with Gasteiger partial charge in [-0.3, -0.25) is 4.79 Å². The van der Waals surface area contributed by atoms with E-state index in [0.29, 0.717) is 6.42 Å². The van der Waals surface area contributed by atoms with Crippen LogP contribution in [0.3, 0.4) is 0 Å². The lowest BCUT2D eigenvalue weighted by molar-refractivity contribution is -0.123. The van der Waals surface area contributed by atoms with E-state index in [1.54, 1.807) is 6.08 Å². The Kier molecular flexibility index (Phi) is 47.8. The molecule has 0 aliphatic carbocycles. The SMILES string of the molecule is CCCCCCCCC/C=C/CC/C=C/C(O)C(CO)NC(=O)CCCCCCCCCCCCCCCCCC/C=C\CCCCCCCCCCCCCC. The predicted molar refractivity (Wildman–Crippen MR) is 253 cm³/mol. The second-order valence-electron chi connectivity index (χ2n) is 17.6. The molecule has 0 rings (SSSR count). The molecule has 1 amide bonds. The summed E-state index contributed by atoms with van der Waals surface area (Å²) in [6, 6.07) is -0.636. The Balaban J connectivity index is 3.45. The first-order chi connectivity index (χ1) is 28.2. The first-order valence-corrected chi connectivity index (χ1v) is 25.7. The van der Waals surface area contributed by atoms with E-state index in [9.17, 15) is 15.0 Å². The van der Waals surface area contributed by atoms with Gasteiger partial charge < -0.3 is 15.5 Å². The van der Waals surface area contributed by atoms with E-state index in [1.807, 2.05) is 6.08 Å². The summed E-state index contributed by atoms with van der Waals surface area (Å²) < 4.78 is 0. The van der Waals surface area contributed by atoms with Crippen molar-refractivity contribution in [1.82, 2.24) is 5.32 Å². The molecule has 4 heteroatoms. The van der Waals surface area contributed by atoms with Crippen LogP contribution in [0, 0.1) is 0 Å². The van der Waals surface area contributed by atoms with Crippen molar-refractivity contribution in [3.8, 4) is 0 Å². The summed E-state index contributed by atoms with van der Waals surface area (Å²) in [5.74, 6) is -0.0715. The molecule has 0 saturated carbocycles. The zero-order chi connectivity index (χ0) is 41.4. The van der Waals surface area contributed by atoms with Gasteiger partial charge in [-0.05, 0) is 57.8 Å². The number of nitrogens with one attached hydrogen (secondary N) is 1. The van der Waals surface area contributed by atoms with E-state index in [4.69, 9.17) is 0 Å². The topological polar surface area (TPSA) is 69.6 Å². The molecule has 0 saturated heterocycles. The Morgan fingerprint density at radius 1 is 0.404 bits per heavy atom. The summed E-state index contributed by atoms with van der Waals surface area (Å²) in [5.41, 5.74) is 0. The number of carbonyl (C=O) groups excluding carboxylic acids is 1. The molecule has 0 bridgehead atoms. The highest BCUT2D eigenvalue weighted by atomic mass is 16.3. The lowest BCUT2D eigenvalue weighted by Gasteiger charge is -2.19. The summed E-state index contributed by atoms with van der Waals surface area (Å²) >= 11 is 0. The van der Waals surface area contributed by atoms with Crippen molar-refractivity contribution < 1.29 is 15.0 Å². The van der Waals surface area contributed by atoms with E-state index in [2.05, 4.69) is 43.5 Å². The second-order valence-corrected chi connectivity index (χ2v) is 17.6. The van der Waals surface area contributed by atoms with Gasteiger partial charge in [0.05, 0.1) is 18.8 Å². The van der Waals surface area contributed by atoms with Crippen molar-refractivity contribution in [3.63, 3.8) is 0 Å². The smallest absolute Gasteiger partial charge is 0.220 e. The molecular weight excluding hydrogens is 699 g/mol. The summed E-state index contributed by atoms with van der Waals surface area (Å²) in [5, 5.41) is 23.0. The quantitative estimate of drug-likeness (QED) is 0.0424. The molecule has 57 heavy (non-hydrogen) atoms. The minimum absolute atomic E-state index is 0.0715. The number of hydrogen-bond donors (Lipinski definition) is 3. The molecule has 0 aliphatic heterocycles. The van der Waals surface area contributed by atoms with Crippen LogP contribution in [0.25, 0.3) is 0 Å². The molecule has 0 aliphatic rings. The van der Waals surface area contributed by atoms with Crippen LogP contribution in [0.2, 0.25) is 0 Å². The lowest BCUT2D eigenvalue weighted by Crippen LogP contribution is -2.45. The van der Waals surface area contributed by atoms with Gasteiger partial charge in [0.1, 0.15) is 0 Å². The molecule has 0 heterocycles.